The van der Waals surface area contributed by atoms with Crippen LogP contribution in [0.2, 0.25) is 0 Å². The standard InChI is InChI=1S/C10H12BrN3/c1-2-14-6-7(4-12)9-3-8(11)5-13-10(9)14/h3,5-6H,2,4,12H2,1H3. The van der Waals surface area contributed by atoms with E-state index in [-0.39, 0.29) is 0 Å². The molecule has 2 aromatic rings. The molecular formula is C10H12BrN3. The largest absolute Gasteiger partial charge is 0.332 e. The minimum Gasteiger partial charge on any atom is -0.332 e. The second kappa shape index (κ2) is 3.71. The Morgan fingerprint density at radius 3 is 3.00 bits per heavy atom. The molecule has 0 spiro atoms. The molecule has 74 valence electrons. The number of hydrogen-bond donors (Lipinski definition) is 1. The van der Waals surface area contributed by atoms with Crippen molar-refractivity contribution in [1.82, 2.24) is 9.55 Å². The molecule has 0 fully saturated rings. The van der Waals surface area contributed by atoms with Gasteiger partial charge >= 0.3 is 0 Å². The summed E-state index contributed by atoms with van der Waals surface area (Å²) in [4.78, 5) is 4.38. The summed E-state index contributed by atoms with van der Waals surface area (Å²) in [6.45, 7) is 3.58. The van der Waals surface area contributed by atoms with Gasteiger partial charge < -0.3 is 10.3 Å². The maximum absolute atomic E-state index is 5.68. The van der Waals surface area contributed by atoms with E-state index >= 15 is 0 Å². The van der Waals surface area contributed by atoms with Crippen LogP contribution in [0.4, 0.5) is 0 Å². The minimum atomic E-state index is 0.557. The third-order valence-electron chi connectivity index (χ3n) is 2.32. The highest BCUT2D eigenvalue weighted by Gasteiger charge is 2.07. The summed E-state index contributed by atoms with van der Waals surface area (Å²) in [5.41, 5.74) is 7.84. The second-order valence-electron chi connectivity index (χ2n) is 3.17. The Morgan fingerprint density at radius 2 is 2.36 bits per heavy atom. The maximum atomic E-state index is 5.68. The molecule has 3 nitrogen and oxygen atoms in total. The number of pyridine rings is 1. The predicted molar refractivity (Wildman–Crippen MR) is 61.0 cm³/mol. The average Bonchev–Trinajstić information content (AvgIpc) is 2.55. The van der Waals surface area contributed by atoms with Gasteiger partial charge in [-0.25, -0.2) is 4.98 Å². The molecule has 0 atom stereocenters. The normalized spacial score (nSPS) is 11.1. The molecule has 0 saturated carbocycles. The Balaban J connectivity index is 2.75. The van der Waals surface area contributed by atoms with Crippen LogP contribution < -0.4 is 5.73 Å². The van der Waals surface area contributed by atoms with E-state index in [4.69, 9.17) is 5.73 Å². The van der Waals surface area contributed by atoms with E-state index in [2.05, 4.69) is 44.7 Å². The number of hydrogen-bond acceptors (Lipinski definition) is 2. The molecule has 0 aromatic carbocycles. The second-order valence-corrected chi connectivity index (χ2v) is 4.08. The fourth-order valence-electron chi connectivity index (χ4n) is 1.62. The molecule has 0 aliphatic heterocycles. The van der Waals surface area contributed by atoms with Crippen molar-refractivity contribution >= 4 is 27.0 Å². The van der Waals surface area contributed by atoms with E-state index in [0.717, 1.165) is 27.6 Å². The quantitative estimate of drug-likeness (QED) is 0.893. The Kier molecular flexibility index (Phi) is 2.56. The Hall–Kier alpha value is -0.870. The highest BCUT2D eigenvalue weighted by atomic mass is 79.9. The molecule has 14 heavy (non-hydrogen) atoms. The van der Waals surface area contributed by atoms with Crippen LogP contribution >= 0.6 is 15.9 Å². The van der Waals surface area contributed by atoms with Crippen LogP contribution in [0.25, 0.3) is 11.0 Å². The molecule has 0 aliphatic rings. The van der Waals surface area contributed by atoms with E-state index in [9.17, 15) is 0 Å². The zero-order valence-corrected chi connectivity index (χ0v) is 9.58. The van der Waals surface area contributed by atoms with Crippen LogP contribution in [0.5, 0.6) is 0 Å². The number of rotatable bonds is 2. The van der Waals surface area contributed by atoms with Crippen molar-refractivity contribution in [2.45, 2.75) is 20.0 Å². The van der Waals surface area contributed by atoms with Gasteiger partial charge in [-0.2, -0.15) is 0 Å². The fraction of sp³-hybridized carbons (Fsp3) is 0.300. The summed E-state index contributed by atoms with van der Waals surface area (Å²) in [6.07, 6.45) is 3.89. The predicted octanol–water partition coefficient (Wildman–Crippen LogP) is 2.28. The minimum absolute atomic E-state index is 0.557. The van der Waals surface area contributed by atoms with E-state index in [1.807, 2.05) is 6.20 Å². The number of halogens is 1. The van der Waals surface area contributed by atoms with Crippen LogP contribution in [0.3, 0.4) is 0 Å². The monoisotopic (exact) mass is 253 g/mol. The van der Waals surface area contributed by atoms with Gasteiger partial charge in [-0.3, -0.25) is 0 Å². The lowest BCUT2D eigenvalue weighted by atomic mass is 10.2. The lowest BCUT2D eigenvalue weighted by Gasteiger charge is -1.98. The summed E-state index contributed by atoms with van der Waals surface area (Å²) in [6, 6.07) is 2.07. The Morgan fingerprint density at radius 1 is 1.57 bits per heavy atom. The van der Waals surface area contributed by atoms with Crippen LogP contribution in [-0.2, 0) is 13.1 Å². The number of aromatic nitrogens is 2. The molecular weight excluding hydrogens is 242 g/mol. The van der Waals surface area contributed by atoms with Gasteiger partial charge in [-0.15, -0.1) is 0 Å². The molecule has 4 heteroatoms. The van der Waals surface area contributed by atoms with Gasteiger partial charge in [-0.1, -0.05) is 0 Å². The van der Waals surface area contributed by atoms with E-state index < -0.39 is 0 Å². The molecule has 2 rings (SSSR count). The van der Waals surface area contributed by atoms with E-state index in [1.54, 1.807) is 0 Å². The van der Waals surface area contributed by atoms with Crippen LogP contribution in [0.1, 0.15) is 12.5 Å². The lowest BCUT2D eigenvalue weighted by molar-refractivity contribution is 0.782. The molecule has 2 heterocycles. The van der Waals surface area contributed by atoms with Gasteiger partial charge in [0.1, 0.15) is 5.65 Å². The highest BCUT2D eigenvalue weighted by molar-refractivity contribution is 9.10. The van der Waals surface area contributed by atoms with Gasteiger partial charge in [0.2, 0.25) is 0 Å². The van der Waals surface area contributed by atoms with Crippen LogP contribution in [-0.4, -0.2) is 9.55 Å². The first-order valence-electron chi connectivity index (χ1n) is 4.59. The highest BCUT2D eigenvalue weighted by Crippen LogP contribution is 2.22. The number of aryl methyl sites for hydroxylation is 1. The summed E-state index contributed by atoms with van der Waals surface area (Å²) in [7, 11) is 0. The van der Waals surface area contributed by atoms with Gasteiger partial charge in [-0.05, 0) is 34.5 Å². The van der Waals surface area contributed by atoms with Crippen molar-refractivity contribution < 1.29 is 0 Å². The molecule has 0 aliphatic carbocycles. The van der Waals surface area contributed by atoms with Crippen LogP contribution in [0, 0.1) is 0 Å². The van der Waals surface area contributed by atoms with Gasteiger partial charge in [0.15, 0.2) is 0 Å². The molecule has 2 aromatic heterocycles. The van der Waals surface area contributed by atoms with E-state index in [1.165, 1.54) is 0 Å². The smallest absolute Gasteiger partial charge is 0.140 e. The molecule has 2 N–H and O–H groups in total. The summed E-state index contributed by atoms with van der Waals surface area (Å²) in [5.74, 6) is 0. The topological polar surface area (TPSA) is 43.8 Å². The zero-order chi connectivity index (χ0) is 10.1. The number of nitrogens with two attached hydrogens (primary N) is 1. The zero-order valence-electron chi connectivity index (χ0n) is 8.00. The summed E-state index contributed by atoms with van der Waals surface area (Å²) >= 11 is 3.41. The fourth-order valence-corrected chi connectivity index (χ4v) is 1.95. The number of nitrogens with zero attached hydrogens (tertiary/aromatic N) is 2. The first-order chi connectivity index (χ1) is 6.76. The van der Waals surface area contributed by atoms with Gasteiger partial charge in [0.05, 0.1) is 0 Å². The SMILES string of the molecule is CCn1cc(CN)c2cc(Br)cnc21. The molecule has 0 radical (unpaired) electrons. The van der Waals surface area contributed by atoms with Crippen molar-refractivity contribution in [3.05, 3.63) is 28.5 Å². The van der Waals surface area contributed by atoms with Crippen LogP contribution in [0.15, 0.2) is 22.9 Å². The third kappa shape index (κ3) is 1.44. The molecule has 0 unspecified atom stereocenters. The summed E-state index contributed by atoms with van der Waals surface area (Å²) < 4.78 is 3.11. The summed E-state index contributed by atoms with van der Waals surface area (Å²) in [5, 5.41) is 1.14. The van der Waals surface area contributed by atoms with Gasteiger partial charge in [0.25, 0.3) is 0 Å². The van der Waals surface area contributed by atoms with Crippen molar-refractivity contribution in [2.24, 2.45) is 5.73 Å². The first kappa shape index (κ1) is 9.68. The molecule has 0 amide bonds. The third-order valence-corrected chi connectivity index (χ3v) is 2.76. The lowest BCUT2D eigenvalue weighted by Crippen LogP contribution is -1.95. The maximum Gasteiger partial charge on any atom is 0.140 e. The Bertz CT molecular complexity index is 462. The molecule has 0 saturated heterocycles. The van der Waals surface area contributed by atoms with Crippen molar-refractivity contribution in [3.8, 4) is 0 Å². The average molecular weight is 254 g/mol. The van der Waals surface area contributed by atoms with Gasteiger partial charge in [0, 0.05) is 35.3 Å². The van der Waals surface area contributed by atoms with Crippen molar-refractivity contribution in [3.63, 3.8) is 0 Å². The number of fused-ring (bicyclic) bond motifs is 1. The van der Waals surface area contributed by atoms with Crippen molar-refractivity contribution in [1.29, 1.82) is 0 Å². The Labute approximate surface area is 91.1 Å². The molecule has 0 bridgehead atoms. The van der Waals surface area contributed by atoms with Crippen molar-refractivity contribution in [2.75, 3.05) is 0 Å². The first-order valence-corrected chi connectivity index (χ1v) is 5.39. The van der Waals surface area contributed by atoms with E-state index in [0.29, 0.717) is 6.54 Å².